The highest BCUT2D eigenvalue weighted by Crippen LogP contribution is 2.42. The van der Waals surface area contributed by atoms with Gasteiger partial charge in [0.05, 0.1) is 20.3 Å². The molecule has 0 aliphatic carbocycles. The van der Waals surface area contributed by atoms with Crippen LogP contribution in [0.5, 0.6) is 5.75 Å². The highest BCUT2D eigenvalue weighted by atomic mass is 16.6. The molecular weight excluding hydrogens is 524 g/mol. The van der Waals surface area contributed by atoms with Gasteiger partial charge in [0.1, 0.15) is 29.7 Å². The first-order chi connectivity index (χ1) is 20.0. The molecule has 0 amide bonds. The Bertz CT molecular complexity index is 1510. The SMILES string of the molecule is C=CCO[C@H]1[C@H](O)[C@@H](COC(c2ccccc2)(c2ccccc2)c2ccc(OC)cc2)O[C@H]1n1ccc(=O)[nH]c1=O. The fraction of sp³-hybridized carbons (Fsp3) is 0.250. The summed E-state index contributed by atoms with van der Waals surface area (Å²) >= 11 is 0. The Labute approximate surface area is 237 Å². The van der Waals surface area contributed by atoms with Gasteiger partial charge in [-0.1, -0.05) is 78.9 Å². The van der Waals surface area contributed by atoms with Gasteiger partial charge in [-0.05, 0) is 28.8 Å². The van der Waals surface area contributed by atoms with Crippen LogP contribution < -0.4 is 16.0 Å². The average Bonchev–Trinajstić information content (AvgIpc) is 3.32. The van der Waals surface area contributed by atoms with Gasteiger partial charge in [-0.15, -0.1) is 6.58 Å². The summed E-state index contributed by atoms with van der Waals surface area (Å²) < 4.78 is 25.5. The van der Waals surface area contributed by atoms with E-state index in [0.29, 0.717) is 5.75 Å². The van der Waals surface area contributed by atoms with E-state index in [1.165, 1.54) is 16.8 Å². The second-order valence-corrected chi connectivity index (χ2v) is 9.61. The summed E-state index contributed by atoms with van der Waals surface area (Å²) in [5.74, 6) is 0.703. The molecule has 0 saturated carbocycles. The molecule has 1 fully saturated rings. The Morgan fingerprint density at radius 2 is 1.56 bits per heavy atom. The molecule has 3 aromatic carbocycles. The van der Waals surface area contributed by atoms with Gasteiger partial charge in [0.15, 0.2) is 6.23 Å². The topological polar surface area (TPSA) is 112 Å². The van der Waals surface area contributed by atoms with E-state index in [0.717, 1.165) is 16.7 Å². The molecular formula is C32H32N2O7. The van der Waals surface area contributed by atoms with E-state index >= 15 is 0 Å². The standard InChI is InChI=1S/C32H32N2O7/c1-3-20-39-29-28(36)26(41-30(29)34-19-18-27(35)33-31(34)37)21-40-32(22-10-6-4-7-11-22,23-12-8-5-9-13-23)24-14-16-25(38-2)17-15-24/h3-19,26,28-30,36H,1,20-21H2,2H3,(H,33,35,37)/t26-,28-,29+,30-/m1/s1. The van der Waals surface area contributed by atoms with Crippen LogP contribution >= 0.6 is 0 Å². The molecule has 0 radical (unpaired) electrons. The van der Waals surface area contributed by atoms with Crippen LogP contribution in [0, 0.1) is 0 Å². The van der Waals surface area contributed by atoms with Crippen molar-refractivity contribution in [2.75, 3.05) is 20.3 Å². The zero-order valence-corrected chi connectivity index (χ0v) is 22.6. The Morgan fingerprint density at radius 1 is 0.951 bits per heavy atom. The van der Waals surface area contributed by atoms with Gasteiger partial charge in [0, 0.05) is 12.3 Å². The van der Waals surface area contributed by atoms with Crippen LogP contribution in [0.2, 0.25) is 0 Å². The number of hydrogen-bond acceptors (Lipinski definition) is 7. The summed E-state index contributed by atoms with van der Waals surface area (Å²) in [5.41, 5.74) is 0.291. The normalized spacial score (nSPS) is 20.5. The van der Waals surface area contributed by atoms with Gasteiger partial charge >= 0.3 is 5.69 Å². The number of nitrogens with one attached hydrogen (secondary N) is 1. The van der Waals surface area contributed by atoms with E-state index in [-0.39, 0.29) is 13.2 Å². The van der Waals surface area contributed by atoms with Crippen LogP contribution in [-0.2, 0) is 19.8 Å². The number of aromatic nitrogens is 2. The number of rotatable bonds is 11. The Morgan fingerprint density at radius 3 is 2.12 bits per heavy atom. The van der Waals surface area contributed by atoms with E-state index in [4.69, 9.17) is 18.9 Å². The van der Waals surface area contributed by atoms with E-state index in [9.17, 15) is 14.7 Å². The lowest BCUT2D eigenvalue weighted by molar-refractivity contribution is -0.0974. The van der Waals surface area contributed by atoms with Crippen molar-refractivity contribution in [1.29, 1.82) is 0 Å². The minimum absolute atomic E-state index is 0.0560. The molecule has 0 unspecified atom stereocenters. The molecule has 1 saturated heterocycles. The van der Waals surface area contributed by atoms with E-state index in [1.807, 2.05) is 84.9 Å². The molecule has 9 heteroatoms. The Kier molecular flexibility index (Phi) is 8.61. The molecule has 4 atom stereocenters. The number of H-pyrrole nitrogens is 1. The lowest BCUT2D eigenvalue weighted by atomic mass is 9.80. The van der Waals surface area contributed by atoms with Gasteiger partial charge in [-0.25, -0.2) is 4.79 Å². The number of aliphatic hydroxyl groups excluding tert-OH is 1. The smallest absolute Gasteiger partial charge is 0.330 e. The third-order valence-electron chi connectivity index (χ3n) is 7.17. The van der Waals surface area contributed by atoms with Crippen molar-refractivity contribution in [3.63, 3.8) is 0 Å². The Balaban J connectivity index is 1.55. The number of ether oxygens (including phenoxy) is 4. The van der Waals surface area contributed by atoms with Crippen LogP contribution in [0.3, 0.4) is 0 Å². The lowest BCUT2D eigenvalue weighted by Gasteiger charge is -2.37. The van der Waals surface area contributed by atoms with Gasteiger partial charge in [-0.2, -0.15) is 0 Å². The molecule has 4 aromatic rings. The third kappa shape index (κ3) is 5.66. The van der Waals surface area contributed by atoms with E-state index in [1.54, 1.807) is 13.2 Å². The summed E-state index contributed by atoms with van der Waals surface area (Å²) in [5, 5.41) is 11.4. The van der Waals surface area contributed by atoms with Crippen LogP contribution in [0.15, 0.2) is 119 Å². The summed E-state index contributed by atoms with van der Waals surface area (Å²) in [6.45, 7) is 3.74. The van der Waals surface area contributed by atoms with Gasteiger partial charge in [0.2, 0.25) is 0 Å². The first kappa shape index (κ1) is 28.3. The molecule has 41 heavy (non-hydrogen) atoms. The van der Waals surface area contributed by atoms with Crippen LogP contribution in [-0.4, -0.2) is 53.3 Å². The van der Waals surface area contributed by atoms with Crippen LogP contribution in [0.4, 0.5) is 0 Å². The molecule has 1 aliphatic heterocycles. The van der Waals surface area contributed by atoms with Crippen molar-refractivity contribution in [2.45, 2.75) is 30.1 Å². The van der Waals surface area contributed by atoms with Crippen molar-refractivity contribution in [3.8, 4) is 5.75 Å². The predicted molar refractivity (Wildman–Crippen MR) is 153 cm³/mol. The van der Waals surface area contributed by atoms with Crippen molar-refractivity contribution < 1.29 is 24.1 Å². The minimum atomic E-state index is -1.15. The van der Waals surface area contributed by atoms with E-state index in [2.05, 4.69) is 11.6 Å². The van der Waals surface area contributed by atoms with Gasteiger partial charge in [-0.3, -0.25) is 14.3 Å². The second kappa shape index (κ2) is 12.5. The number of aliphatic hydroxyl groups is 1. The quantitative estimate of drug-likeness (QED) is 0.215. The van der Waals surface area contributed by atoms with Gasteiger partial charge in [0.25, 0.3) is 5.56 Å². The maximum Gasteiger partial charge on any atom is 0.330 e. The number of methoxy groups -OCH3 is 1. The molecule has 2 heterocycles. The summed E-state index contributed by atoms with van der Waals surface area (Å²) in [6.07, 6.45) is -1.09. The summed E-state index contributed by atoms with van der Waals surface area (Å²) in [7, 11) is 1.61. The van der Waals surface area contributed by atoms with Crippen molar-refractivity contribution in [3.05, 3.63) is 147 Å². The second-order valence-electron chi connectivity index (χ2n) is 9.61. The molecule has 1 aromatic heterocycles. The van der Waals surface area contributed by atoms with Crippen molar-refractivity contribution >= 4 is 0 Å². The maximum absolute atomic E-state index is 12.6. The molecule has 1 aliphatic rings. The monoisotopic (exact) mass is 556 g/mol. The highest BCUT2D eigenvalue weighted by Gasteiger charge is 2.48. The molecule has 0 spiro atoms. The summed E-state index contributed by atoms with van der Waals surface area (Å²) in [4.78, 5) is 26.5. The molecule has 2 N–H and O–H groups in total. The largest absolute Gasteiger partial charge is 0.497 e. The first-order valence-electron chi connectivity index (χ1n) is 13.2. The number of nitrogens with zero attached hydrogens (tertiary/aromatic N) is 1. The van der Waals surface area contributed by atoms with E-state index < -0.39 is 41.4 Å². The molecule has 5 rings (SSSR count). The van der Waals surface area contributed by atoms with Crippen LogP contribution in [0.25, 0.3) is 0 Å². The van der Waals surface area contributed by atoms with Gasteiger partial charge < -0.3 is 24.1 Å². The Hall–Kier alpha value is -4.28. The first-order valence-corrected chi connectivity index (χ1v) is 13.2. The fourth-order valence-corrected chi connectivity index (χ4v) is 5.20. The lowest BCUT2D eigenvalue weighted by Crippen LogP contribution is -2.41. The van der Waals surface area contributed by atoms with Crippen LogP contribution in [0.1, 0.15) is 22.9 Å². The number of benzene rings is 3. The number of aromatic amines is 1. The van der Waals surface area contributed by atoms with Crippen molar-refractivity contribution in [2.24, 2.45) is 0 Å². The molecule has 0 bridgehead atoms. The molecule has 9 nitrogen and oxygen atoms in total. The van der Waals surface area contributed by atoms with Crippen molar-refractivity contribution in [1.82, 2.24) is 9.55 Å². The highest BCUT2D eigenvalue weighted by molar-refractivity contribution is 5.48. The summed E-state index contributed by atoms with van der Waals surface area (Å²) in [6, 6.07) is 28.5. The third-order valence-corrected chi connectivity index (χ3v) is 7.17. The zero-order chi connectivity index (χ0) is 28.8. The fourth-order valence-electron chi connectivity index (χ4n) is 5.20. The predicted octanol–water partition coefficient (Wildman–Crippen LogP) is 3.38. The minimum Gasteiger partial charge on any atom is -0.497 e. The molecule has 212 valence electrons. The number of hydrogen-bond donors (Lipinski definition) is 2. The average molecular weight is 557 g/mol. The zero-order valence-electron chi connectivity index (χ0n) is 22.6. The maximum atomic E-state index is 12.6.